The molecule has 14 nitrogen and oxygen atoms in total. The summed E-state index contributed by atoms with van der Waals surface area (Å²) in [5.41, 5.74) is 9.07. The average Bonchev–Trinajstić information content (AvgIpc) is 3.72. The number of phenols is 1. The van der Waals surface area contributed by atoms with Crippen molar-refractivity contribution in [2.24, 2.45) is 23.7 Å². The topological polar surface area (TPSA) is 201 Å². The maximum Gasteiger partial charge on any atom is 0.243 e. The predicted molar refractivity (Wildman–Crippen MR) is 230 cm³/mol. The minimum absolute atomic E-state index is 0.0371. The fourth-order valence-corrected chi connectivity index (χ4v) is 10.1. The minimum atomic E-state index is -1.04. The zero-order chi connectivity index (χ0) is 42.4. The molecule has 0 unspecified atom stereocenters. The van der Waals surface area contributed by atoms with Crippen molar-refractivity contribution >= 4 is 40.1 Å². The number of β-amino-alcohol motifs (C(OH)–C–C–N with tert-alkyl or cyclic N) is 1. The number of ether oxygens (including phenoxy) is 1. The Balaban J connectivity index is 0.839. The number of amides is 2. The second-order valence-electron chi connectivity index (χ2n) is 16.8. The van der Waals surface area contributed by atoms with E-state index in [1.54, 1.807) is 37.3 Å². The first-order valence-electron chi connectivity index (χ1n) is 20.6. The van der Waals surface area contributed by atoms with Crippen molar-refractivity contribution in [3.8, 4) is 27.4 Å². The number of para-hydroxylation sites is 1. The number of phenolic OH excluding ortho intramolecular Hbond substituents is 1. The maximum absolute atomic E-state index is 14.0. The SMILES string of the molecule is Cc1ncsc1-c1ccc([C@H](C)NC(=O)[C@@H]2C[C@@H](O)CN2C(=O)[C@@H](/C(O)=C/C(=N)OCCN2C[C@@H]3[C@H](C2)[C@H]3c2c(C)[nH]c3nnc(-c4ccccc4O)cc23)C(C)C)cc1. The summed E-state index contributed by atoms with van der Waals surface area (Å²) in [4.78, 5) is 40.1. The summed E-state index contributed by atoms with van der Waals surface area (Å²) in [7, 11) is 0. The number of aromatic hydroxyl groups is 1. The summed E-state index contributed by atoms with van der Waals surface area (Å²) >= 11 is 1.57. The summed E-state index contributed by atoms with van der Waals surface area (Å²) in [6, 6.07) is 15.8. The van der Waals surface area contributed by atoms with Crippen LogP contribution in [0, 0.1) is 42.9 Å². The molecule has 7 atom stereocenters. The molecule has 2 saturated heterocycles. The summed E-state index contributed by atoms with van der Waals surface area (Å²) in [5.74, 6) is -1.33. The lowest BCUT2D eigenvalue weighted by molar-refractivity contribution is -0.142. The molecule has 15 heteroatoms. The number of thiazole rings is 1. The first kappa shape index (κ1) is 41.1. The van der Waals surface area contributed by atoms with E-state index in [2.05, 4.69) is 37.3 Å². The molecule has 8 rings (SSSR count). The van der Waals surface area contributed by atoms with Gasteiger partial charge in [-0.15, -0.1) is 21.5 Å². The number of aliphatic hydroxyl groups excluding tert-OH is 2. The number of likely N-dealkylation sites (tertiary alicyclic amines) is 2. The van der Waals surface area contributed by atoms with Gasteiger partial charge in [0.05, 0.1) is 39.8 Å². The number of piperidine rings is 1. The second kappa shape index (κ2) is 16.8. The highest BCUT2D eigenvalue weighted by Gasteiger charge is 2.57. The number of hydrogen-bond acceptors (Lipinski definition) is 12. The third-order valence-corrected chi connectivity index (χ3v) is 13.4. The van der Waals surface area contributed by atoms with E-state index in [-0.39, 0.29) is 54.8 Å². The molecule has 1 aliphatic carbocycles. The lowest BCUT2D eigenvalue weighted by Crippen LogP contribution is -2.49. The number of carbonyl (C=O) groups excluding carboxylic acids is 2. The van der Waals surface area contributed by atoms with Gasteiger partial charge in [-0.05, 0) is 79.3 Å². The Hall–Kier alpha value is -5.64. The average molecular weight is 833 g/mol. The Labute approximate surface area is 352 Å². The number of rotatable bonds is 13. The Morgan fingerprint density at radius 2 is 1.80 bits per heavy atom. The molecule has 2 amide bonds. The molecular formula is C45H52N8O6S. The monoisotopic (exact) mass is 832 g/mol. The van der Waals surface area contributed by atoms with E-state index in [4.69, 9.17) is 10.1 Å². The van der Waals surface area contributed by atoms with Gasteiger partial charge >= 0.3 is 0 Å². The van der Waals surface area contributed by atoms with Crippen LogP contribution in [0.4, 0.5) is 0 Å². The molecule has 2 aliphatic heterocycles. The van der Waals surface area contributed by atoms with Crippen molar-refractivity contribution in [1.82, 2.24) is 35.3 Å². The Morgan fingerprint density at radius 1 is 1.07 bits per heavy atom. The van der Waals surface area contributed by atoms with E-state index in [0.29, 0.717) is 35.6 Å². The van der Waals surface area contributed by atoms with Crippen LogP contribution in [0.5, 0.6) is 5.75 Å². The molecule has 5 aromatic rings. The molecular weight excluding hydrogens is 781 g/mol. The van der Waals surface area contributed by atoms with Crippen LogP contribution in [-0.2, 0) is 14.3 Å². The number of nitrogens with one attached hydrogen (secondary N) is 3. The minimum Gasteiger partial charge on any atom is -0.511 e. The molecule has 0 radical (unpaired) electrons. The molecule has 3 aliphatic rings. The summed E-state index contributed by atoms with van der Waals surface area (Å²) in [6.45, 7) is 12.1. The fraction of sp³-hybridized carbons (Fsp3) is 0.422. The van der Waals surface area contributed by atoms with E-state index >= 15 is 0 Å². The van der Waals surface area contributed by atoms with E-state index < -0.39 is 24.0 Å². The molecule has 0 spiro atoms. The van der Waals surface area contributed by atoms with Crippen LogP contribution >= 0.6 is 11.3 Å². The van der Waals surface area contributed by atoms with Crippen LogP contribution in [0.15, 0.2) is 71.9 Å². The zero-order valence-corrected chi connectivity index (χ0v) is 35.2. The van der Waals surface area contributed by atoms with Crippen LogP contribution < -0.4 is 5.32 Å². The lowest BCUT2D eigenvalue weighted by Gasteiger charge is -2.30. The van der Waals surface area contributed by atoms with E-state index in [0.717, 1.165) is 51.5 Å². The third kappa shape index (κ3) is 8.13. The number of nitrogens with zero attached hydrogens (tertiary/aromatic N) is 5. The van der Waals surface area contributed by atoms with Gasteiger partial charge < -0.3 is 35.3 Å². The van der Waals surface area contributed by atoms with E-state index in [9.17, 15) is 24.9 Å². The van der Waals surface area contributed by atoms with Gasteiger partial charge in [0.25, 0.3) is 0 Å². The van der Waals surface area contributed by atoms with Crippen LogP contribution in [0.1, 0.15) is 61.7 Å². The Kier molecular flexibility index (Phi) is 11.5. The predicted octanol–water partition coefficient (Wildman–Crippen LogP) is 6.26. The zero-order valence-electron chi connectivity index (χ0n) is 34.4. The van der Waals surface area contributed by atoms with Gasteiger partial charge in [-0.3, -0.25) is 19.9 Å². The number of aromatic amines is 1. The Morgan fingerprint density at radius 3 is 2.48 bits per heavy atom. The number of benzene rings is 2. The van der Waals surface area contributed by atoms with Crippen molar-refractivity contribution in [3.05, 3.63) is 94.5 Å². The van der Waals surface area contributed by atoms with Crippen molar-refractivity contribution in [1.29, 1.82) is 5.41 Å². The van der Waals surface area contributed by atoms with E-state index in [1.165, 1.54) is 16.5 Å². The first-order valence-corrected chi connectivity index (χ1v) is 21.4. The largest absolute Gasteiger partial charge is 0.511 e. The molecule has 2 aromatic carbocycles. The summed E-state index contributed by atoms with van der Waals surface area (Å²) < 4.78 is 5.73. The van der Waals surface area contributed by atoms with Gasteiger partial charge in [-0.2, -0.15) is 0 Å². The number of H-pyrrole nitrogens is 1. The highest BCUT2D eigenvalue weighted by Crippen LogP contribution is 2.60. The van der Waals surface area contributed by atoms with Crippen molar-refractivity contribution in [2.75, 3.05) is 32.8 Å². The van der Waals surface area contributed by atoms with Gasteiger partial charge in [0.15, 0.2) is 5.65 Å². The molecule has 6 N–H and O–H groups in total. The third-order valence-electron chi connectivity index (χ3n) is 12.4. The van der Waals surface area contributed by atoms with Crippen LogP contribution in [-0.4, -0.2) is 108 Å². The van der Waals surface area contributed by atoms with Crippen LogP contribution in [0.2, 0.25) is 0 Å². The molecule has 3 aromatic heterocycles. The van der Waals surface area contributed by atoms with Gasteiger partial charge in [0.2, 0.25) is 17.7 Å². The first-order chi connectivity index (χ1) is 28.8. The number of hydrogen-bond donors (Lipinski definition) is 6. The van der Waals surface area contributed by atoms with Gasteiger partial charge in [-0.25, -0.2) is 4.98 Å². The maximum atomic E-state index is 14.0. The second-order valence-corrected chi connectivity index (χ2v) is 17.7. The van der Waals surface area contributed by atoms with Gasteiger partial charge in [0.1, 0.15) is 24.2 Å². The highest BCUT2D eigenvalue weighted by molar-refractivity contribution is 7.13. The normalized spacial score (nSPS) is 22.6. The number of aliphatic hydroxyl groups is 2. The number of aryl methyl sites for hydroxylation is 2. The number of carbonyl (C=O) groups is 2. The van der Waals surface area contributed by atoms with Gasteiger partial charge in [-0.1, -0.05) is 50.2 Å². The van der Waals surface area contributed by atoms with E-state index in [1.807, 2.05) is 61.8 Å². The summed E-state index contributed by atoms with van der Waals surface area (Å²) in [6.07, 6.45) is 0.364. The molecule has 1 saturated carbocycles. The smallest absolute Gasteiger partial charge is 0.243 e. The van der Waals surface area contributed by atoms with Crippen LogP contribution in [0.3, 0.4) is 0 Å². The quantitative estimate of drug-likeness (QED) is 0.0447. The highest BCUT2D eigenvalue weighted by atomic mass is 32.1. The standard InChI is InChI=1S/C45H52N8O6S/c1-23(2)39(45(58)53-19-29(54)16-35(53)44(57)49-24(3)27-10-12-28(13-11-27)42-26(5)47-22-60-42)37(56)18-38(46)59-15-14-52-20-32-33(21-52)41(32)40-25(4)48-43-31(40)17-34(50-51-43)30-8-6-7-9-36(30)55/h6-13,17-18,22-24,29,32-33,35,39,41,46,54-56H,14-16,19-21H2,1-5H3,(H,48,51)(H,49,57)/b37-18-,46-38?/t24-,29+,32-,33+,35-,39+,41+/m0/s1. The number of fused-ring (bicyclic) bond motifs is 2. The Bertz CT molecular complexity index is 2430. The van der Waals surface area contributed by atoms with Crippen LogP contribution in [0.25, 0.3) is 32.7 Å². The van der Waals surface area contributed by atoms with Crippen molar-refractivity contribution < 1.29 is 29.6 Å². The van der Waals surface area contributed by atoms with Crippen molar-refractivity contribution in [2.45, 2.75) is 65.1 Å². The lowest BCUT2D eigenvalue weighted by atomic mass is 9.91. The fourth-order valence-electron chi connectivity index (χ4n) is 9.30. The molecule has 0 bridgehead atoms. The van der Waals surface area contributed by atoms with Crippen molar-refractivity contribution in [3.63, 3.8) is 0 Å². The molecule has 314 valence electrons. The molecule has 3 fully saturated rings. The number of aromatic nitrogens is 4. The van der Waals surface area contributed by atoms with Gasteiger partial charge in [0, 0.05) is 55.3 Å². The molecule has 5 heterocycles. The summed E-state index contributed by atoms with van der Waals surface area (Å²) in [5, 5.41) is 53.6. The molecule has 60 heavy (non-hydrogen) atoms.